The van der Waals surface area contributed by atoms with Gasteiger partial charge >= 0.3 is 0 Å². The fraction of sp³-hybridized carbons (Fsp3) is 0.409. The van der Waals surface area contributed by atoms with E-state index >= 15 is 0 Å². The summed E-state index contributed by atoms with van der Waals surface area (Å²) in [6.07, 6.45) is 0. The van der Waals surface area contributed by atoms with Gasteiger partial charge in [-0.25, -0.2) is 9.67 Å². The van der Waals surface area contributed by atoms with Crippen molar-refractivity contribution in [2.24, 2.45) is 0 Å². The maximum Gasteiger partial charge on any atom is 0.273 e. The second kappa shape index (κ2) is 8.97. The zero-order chi connectivity index (χ0) is 24.7. The maximum absolute atomic E-state index is 12.2. The summed E-state index contributed by atoms with van der Waals surface area (Å²) in [5, 5.41) is 18.4. The van der Waals surface area contributed by atoms with E-state index < -0.39 is 8.32 Å². The number of hydrogen-bond acceptors (Lipinski definition) is 8. The number of aromatic nitrogens is 5. The first-order valence-corrected chi connectivity index (χ1v) is 14.2. The van der Waals surface area contributed by atoms with Gasteiger partial charge in [-0.05, 0) is 30.3 Å². The Morgan fingerprint density at radius 1 is 1.26 bits per heavy atom. The lowest BCUT2D eigenvalue weighted by molar-refractivity contribution is 0.0958. The fourth-order valence-corrected chi connectivity index (χ4v) is 4.24. The monoisotopic (exact) mass is 501 g/mol. The van der Waals surface area contributed by atoms with Gasteiger partial charge in [0.2, 0.25) is 0 Å². The zero-order valence-corrected chi connectivity index (χ0v) is 21.8. The van der Waals surface area contributed by atoms with Gasteiger partial charge < -0.3 is 19.8 Å². The van der Waals surface area contributed by atoms with Gasteiger partial charge in [-0.15, -0.1) is 15.3 Å². The molecule has 2 N–H and O–H groups in total. The smallest absolute Gasteiger partial charge is 0.273 e. The summed E-state index contributed by atoms with van der Waals surface area (Å²) in [6, 6.07) is 7.14. The van der Waals surface area contributed by atoms with Crippen molar-refractivity contribution in [1.29, 1.82) is 0 Å². The molecule has 34 heavy (non-hydrogen) atoms. The number of para-hydroxylation sites is 1. The molecular formula is C22H28ClN7O3Si. The van der Waals surface area contributed by atoms with E-state index in [-0.39, 0.29) is 28.4 Å². The topological polar surface area (TPSA) is 116 Å². The van der Waals surface area contributed by atoms with Crippen molar-refractivity contribution >= 4 is 37.2 Å². The Morgan fingerprint density at radius 3 is 2.74 bits per heavy atom. The van der Waals surface area contributed by atoms with E-state index in [0.717, 1.165) is 5.69 Å². The number of anilines is 2. The number of carbonyl (C=O) groups excluding carboxylic acids is 1. The van der Waals surface area contributed by atoms with E-state index in [1.165, 1.54) is 7.05 Å². The Bertz CT molecular complexity index is 1240. The number of nitrogens with zero attached hydrogens (tertiary/aromatic N) is 5. The summed E-state index contributed by atoms with van der Waals surface area (Å²) in [4.78, 5) is 16.8. The van der Waals surface area contributed by atoms with Crippen LogP contribution in [0.4, 0.5) is 11.4 Å². The molecule has 1 amide bonds. The number of hydrogen-bond donors (Lipinski definition) is 2. The molecule has 0 unspecified atom stereocenters. The zero-order valence-electron chi connectivity index (χ0n) is 20.1. The van der Waals surface area contributed by atoms with Gasteiger partial charge in [0.25, 0.3) is 5.91 Å². The Labute approximate surface area is 204 Å². The van der Waals surface area contributed by atoms with Crippen LogP contribution in [0, 0.1) is 0 Å². The van der Waals surface area contributed by atoms with E-state index in [1.54, 1.807) is 10.7 Å². The third-order valence-corrected chi connectivity index (χ3v) is 10.8. The van der Waals surface area contributed by atoms with Crippen LogP contribution < -0.4 is 15.4 Å². The molecule has 10 nitrogen and oxygen atoms in total. The summed E-state index contributed by atoms with van der Waals surface area (Å²) in [5.41, 5.74) is 1.88. The number of halogens is 1. The molecule has 0 spiro atoms. The van der Waals surface area contributed by atoms with E-state index in [2.05, 4.69) is 64.8 Å². The first-order valence-electron chi connectivity index (χ1n) is 10.9. The molecule has 0 bridgehead atoms. The number of ether oxygens (including phenoxy) is 1. The first-order chi connectivity index (χ1) is 16.0. The molecule has 180 valence electrons. The van der Waals surface area contributed by atoms with Crippen molar-refractivity contribution in [2.45, 2.75) is 52.1 Å². The van der Waals surface area contributed by atoms with Gasteiger partial charge in [0, 0.05) is 13.1 Å². The lowest BCUT2D eigenvalue weighted by atomic mass is 10.2. The van der Waals surface area contributed by atoms with Gasteiger partial charge in [-0.1, -0.05) is 38.4 Å². The summed E-state index contributed by atoms with van der Waals surface area (Å²) in [6.45, 7) is 11.6. The number of benzene rings is 1. The second-order valence-corrected chi connectivity index (χ2v) is 14.7. The maximum atomic E-state index is 12.2. The quantitative estimate of drug-likeness (QED) is 0.482. The standard InChI is InChI=1S/C22H28ClN7O3Si/c1-22(2,3)34(5,6)33-11-17-26-18-12-32-20-13(8-7-9-15(20)30(18)29-17)25-14-10-16(23)27-28-19(14)21(31)24-4/h7-10H,11-12H2,1-6H3,(H,24,31)(H,25,27). The highest BCUT2D eigenvalue weighted by molar-refractivity contribution is 6.74. The molecule has 0 saturated carbocycles. The molecule has 2 aromatic heterocycles. The highest BCUT2D eigenvalue weighted by Gasteiger charge is 2.37. The van der Waals surface area contributed by atoms with Crippen LogP contribution >= 0.6 is 11.6 Å². The Kier molecular flexibility index (Phi) is 6.36. The van der Waals surface area contributed by atoms with Crippen LogP contribution in [0.2, 0.25) is 23.3 Å². The molecule has 0 fully saturated rings. The molecule has 4 rings (SSSR count). The minimum atomic E-state index is -1.93. The Hall–Kier alpha value is -3.02. The van der Waals surface area contributed by atoms with Crippen molar-refractivity contribution < 1.29 is 14.0 Å². The second-order valence-electron chi connectivity index (χ2n) is 9.48. The average Bonchev–Trinajstić information content (AvgIpc) is 3.21. The fourth-order valence-electron chi connectivity index (χ4n) is 3.17. The van der Waals surface area contributed by atoms with Crippen molar-refractivity contribution in [3.05, 3.63) is 46.8 Å². The number of nitrogens with one attached hydrogen (secondary N) is 2. The number of rotatable bonds is 6. The molecule has 1 aliphatic heterocycles. The Balaban J connectivity index is 1.63. The molecular weight excluding hydrogens is 474 g/mol. The van der Waals surface area contributed by atoms with Gasteiger partial charge in [0.15, 0.2) is 36.6 Å². The van der Waals surface area contributed by atoms with Gasteiger partial charge in [-0.3, -0.25) is 4.79 Å². The van der Waals surface area contributed by atoms with Crippen LogP contribution in [0.3, 0.4) is 0 Å². The van der Waals surface area contributed by atoms with E-state index in [0.29, 0.717) is 35.4 Å². The number of carbonyl (C=O) groups is 1. The van der Waals surface area contributed by atoms with E-state index in [4.69, 9.17) is 20.8 Å². The van der Waals surface area contributed by atoms with Crippen molar-refractivity contribution in [3.8, 4) is 11.4 Å². The van der Waals surface area contributed by atoms with Crippen LogP contribution in [0.5, 0.6) is 5.75 Å². The molecule has 0 aliphatic carbocycles. The third-order valence-electron chi connectivity index (χ3n) is 6.13. The first kappa shape index (κ1) is 24.1. The van der Waals surface area contributed by atoms with E-state index in [9.17, 15) is 4.79 Å². The number of fused-ring (bicyclic) bond motifs is 3. The van der Waals surface area contributed by atoms with Crippen LogP contribution in [-0.4, -0.2) is 46.2 Å². The van der Waals surface area contributed by atoms with Crippen LogP contribution in [0.25, 0.3) is 5.69 Å². The van der Waals surface area contributed by atoms with Gasteiger partial charge in [-0.2, -0.15) is 0 Å². The van der Waals surface area contributed by atoms with E-state index in [1.807, 2.05) is 18.2 Å². The SMILES string of the molecule is CNC(=O)c1nnc(Cl)cc1Nc1cccc2c1OCc1nc(CO[Si](C)(C)C(C)(C)C)nn1-2. The molecule has 0 radical (unpaired) electrons. The Morgan fingerprint density at radius 2 is 2.03 bits per heavy atom. The molecule has 1 aromatic carbocycles. The average molecular weight is 502 g/mol. The highest BCUT2D eigenvalue weighted by atomic mass is 35.5. The summed E-state index contributed by atoms with van der Waals surface area (Å²) in [7, 11) is -0.410. The summed E-state index contributed by atoms with van der Waals surface area (Å²) in [5.74, 6) is 1.50. The molecule has 3 heterocycles. The van der Waals surface area contributed by atoms with Crippen molar-refractivity contribution in [3.63, 3.8) is 0 Å². The lowest BCUT2D eigenvalue weighted by Gasteiger charge is -2.35. The molecule has 12 heteroatoms. The molecule has 0 atom stereocenters. The summed E-state index contributed by atoms with van der Waals surface area (Å²) < 4.78 is 14.1. The van der Waals surface area contributed by atoms with Crippen LogP contribution in [-0.2, 0) is 17.6 Å². The van der Waals surface area contributed by atoms with Crippen molar-refractivity contribution in [2.75, 3.05) is 12.4 Å². The predicted molar refractivity (Wildman–Crippen MR) is 131 cm³/mol. The summed E-state index contributed by atoms with van der Waals surface area (Å²) >= 11 is 6.03. The van der Waals surface area contributed by atoms with Gasteiger partial charge in [0.1, 0.15) is 12.3 Å². The van der Waals surface area contributed by atoms with Crippen LogP contribution in [0.15, 0.2) is 24.3 Å². The predicted octanol–water partition coefficient (Wildman–Crippen LogP) is 4.23. The van der Waals surface area contributed by atoms with Crippen LogP contribution in [0.1, 0.15) is 42.9 Å². The highest BCUT2D eigenvalue weighted by Crippen LogP contribution is 2.39. The minimum absolute atomic E-state index is 0.0981. The molecule has 1 aliphatic rings. The van der Waals surface area contributed by atoms with Crippen molar-refractivity contribution in [1.82, 2.24) is 30.3 Å². The normalized spacial score (nSPS) is 13.0. The third kappa shape index (κ3) is 4.63. The largest absolute Gasteiger partial charge is 0.481 e. The number of amides is 1. The minimum Gasteiger partial charge on any atom is -0.481 e. The lowest BCUT2D eigenvalue weighted by Crippen LogP contribution is -2.40. The molecule has 0 saturated heterocycles. The molecule has 3 aromatic rings. The van der Waals surface area contributed by atoms with Gasteiger partial charge in [0.05, 0.1) is 18.0 Å².